The number of hydrogen-bond acceptors (Lipinski definition) is 5. The van der Waals surface area contributed by atoms with Gasteiger partial charge in [0.05, 0.1) is 26.1 Å². The molecular formula is C20H16ClN3O5S. The zero-order chi connectivity index (χ0) is 21.9. The molecule has 8 nitrogen and oxygen atoms in total. The second-order valence-corrected chi connectivity index (χ2v) is 8.59. The molecule has 0 spiro atoms. The van der Waals surface area contributed by atoms with Crippen LogP contribution in [0, 0.1) is 10.1 Å². The summed E-state index contributed by atoms with van der Waals surface area (Å²) in [5.41, 5.74) is 0.283. The standard InChI is InChI=1S/C20H16ClN3O5S/c1-23(30(28,29)17-8-3-2-4-9-17)15-10-11-19(21)18(13-15)20(25)22-14-6-5-7-16(12-14)24(26)27/h2-13H,1H3,(H,22,25). The van der Waals surface area contributed by atoms with Gasteiger partial charge >= 0.3 is 0 Å². The Morgan fingerprint density at radius 1 is 1.03 bits per heavy atom. The summed E-state index contributed by atoms with van der Waals surface area (Å²) in [7, 11) is -2.47. The minimum Gasteiger partial charge on any atom is -0.322 e. The fraction of sp³-hybridized carbons (Fsp3) is 0.0500. The molecule has 0 fully saturated rings. The number of carbonyl (C=O) groups excluding carboxylic acids is 1. The molecule has 0 radical (unpaired) electrons. The number of halogens is 1. The molecule has 0 aliphatic heterocycles. The van der Waals surface area contributed by atoms with E-state index in [0.29, 0.717) is 0 Å². The summed E-state index contributed by atoms with van der Waals surface area (Å²) in [6, 6.07) is 17.5. The number of nitrogens with zero attached hydrogens (tertiary/aromatic N) is 2. The van der Waals surface area contributed by atoms with Gasteiger partial charge in [0.2, 0.25) is 0 Å². The molecule has 0 atom stereocenters. The number of nitro benzene ring substituents is 1. The molecule has 30 heavy (non-hydrogen) atoms. The maximum Gasteiger partial charge on any atom is 0.271 e. The molecule has 0 saturated carbocycles. The summed E-state index contributed by atoms with van der Waals surface area (Å²) in [5.74, 6) is -0.632. The molecule has 3 rings (SSSR count). The normalized spacial score (nSPS) is 11.0. The first-order valence-electron chi connectivity index (χ1n) is 8.59. The lowest BCUT2D eigenvalue weighted by atomic mass is 10.1. The van der Waals surface area contributed by atoms with E-state index in [2.05, 4.69) is 5.32 Å². The first-order chi connectivity index (χ1) is 14.2. The maximum absolute atomic E-state index is 12.8. The van der Waals surface area contributed by atoms with Gasteiger partial charge in [-0.05, 0) is 36.4 Å². The van der Waals surface area contributed by atoms with Gasteiger partial charge in [-0.3, -0.25) is 19.2 Å². The third-order valence-corrected chi connectivity index (χ3v) is 6.40. The van der Waals surface area contributed by atoms with Crippen molar-refractivity contribution in [2.24, 2.45) is 0 Å². The van der Waals surface area contributed by atoms with Gasteiger partial charge in [-0.1, -0.05) is 35.9 Å². The zero-order valence-electron chi connectivity index (χ0n) is 15.7. The van der Waals surface area contributed by atoms with Gasteiger partial charge in [0.1, 0.15) is 0 Å². The number of sulfonamides is 1. The lowest BCUT2D eigenvalue weighted by molar-refractivity contribution is -0.384. The predicted octanol–water partition coefficient (Wildman–Crippen LogP) is 4.33. The summed E-state index contributed by atoms with van der Waals surface area (Å²) < 4.78 is 26.7. The number of non-ortho nitro benzene ring substituents is 1. The quantitative estimate of drug-likeness (QED) is 0.448. The molecule has 0 bridgehead atoms. The van der Waals surface area contributed by atoms with E-state index in [1.54, 1.807) is 18.2 Å². The third-order valence-electron chi connectivity index (χ3n) is 4.27. The summed E-state index contributed by atoms with van der Waals surface area (Å²) in [5, 5.41) is 13.5. The molecule has 0 aromatic heterocycles. The van der Waals surface area contributed by atoms with Crippen LogP contribution < -0.4 is 9.62 Å². The highest BCUT2D eigenvalue weighted by Gasteiger charge is 2.23. The SMILES string of the molecule is CN(c1ccc(Cl)c(C(=O)Nc2cccc([N+](=O)[O-])c2)c1)S(=O)(=O)c1ccccc1. The Kier molecular flexibility index (Phi) is 6.04. The Morgan fingerprint density at radius 3 is 2.40 bits per heavy atom. The van der Waals surface area contributed by atoms with Gasteiger partial charge in [0.25, 0.3) is 21.6 Å². The molecule has 0 saturated heterocycles. The Bertz CT molecular complexity index is 1220. The number of benzene rings is 3. The molecule has 0 aliphatic carbocycles. The maximum atomic E-state index is 12.8. The monoisotopic (exact) mass is 445 g/mol. The minimum absolute atomic E-state index is 0.0239. The van der Waals surface area contributed by atoms with Crippen LogP contribution in [-0.4, -0.2) is 26.3 Å². The smallest absolute Gasteiger partial charge is 0.271 e. The molecule has 154 valence electrons. The molecule has 1 N–H and O–H groups in total. The zero-order valence-corrected chi connectivity index (χ0v) is 17.2. The summed E-state index contributed by atoms with van der Waals surface area (Å²) >= 11 is 6.14. The molecule has 0 heterocycles. The van der Waals surface area contributed by atoms with Crippen LogP contribution in [0.4, 0.5) is 17.1 Å². The van der Waals surface area contributed by atoms with Crippen LogP contribution in [0.2, 0.25) is 5.02 Å². The van der Waals surface area contributed by atoms with Crippen LogP contribution in [0.15, 0.2) is 77.7 Å². The van der Waals surface area contributed by atoms with Crippen molar-refractivity contribution in [3.63, 3.8) is 0 Å². The Hall–Kier alpha value is -3.43. The summed E-state index contributed by atoms with van der Waals surface area (Å²) in [6.07, 6.45) is 0. The lowest BCUT2D eigenvalue weighted by Crippen LogP contribution is -2.27. The fourth-order valence-corrected chi connectivity index (χ4v) is 4.08. The van der Waals surface area contributed by atoms with Crippen molar-refractivity contribution in [2.45, 2.75) is 4.90 Å². The van der Waals surface area contributed by atoms with Crippen LogP contribution in [0.1, 0.15) is 10.4 Å². The number of rotatable bonds is 6. The number of carbonyl (C=O) groups is 1. The van der Waals surface area contributed by atoms with Gasteiger partial charge in [0.15, 0.2) is 0 Å². The highest BCUT2D eigenvalue weighted by molar-refractivity contribution is 7.92. The van der Waals surface area contributed by atoms with Crippen molar-refractivity contribution in [3.8, 4) is 0 Å². The van der Waals surface area contributed by atoms with E-state index in [1.165, 1.54) is 61.6 Å². The number of nitrogens with one attached hydrogen (secondary N) is 1. The average Bonchev–Trinajstić information content (AvgIpc) is 2.74. The summed E-state index contributed by atoms with van der Waals surface area (Å²) in [6.45, 7) is 0. The number of hydrogen-bond donors (Lipinski definition) is 1. The summed E-state index contributed by atoms with van der Waals surface area (Å²) in [4.78, 5) is 23.1. The number of amides is 1. The van der Waals surface area contributed by atoms with Gasteiger partial charge in [-0.2, -0.15) is 0 Å². The largest absolute Gasteiger partial charge is 0.322 e. The van der Waals surface area contributed by atoms with Crippen LogP contribution in [0.3, 0.4) is 0 Å². The van der Waals surface area contributed by atoms with E-state index < -0.39 is 20.9 Å². The van der Waals surface area contributed by atoms with E-state index in [-0.39, 0.29) is 32.5 Å². The Balaban J connectivity index is 1.91. The van der Waals surface area contributed by atoms with Crippen LogP contribution in [0.5, 0.6) is 0 Å². The van der Waals surface area contributed by atoms with E-state index in [1.807, 2.05) is 0 Å². The number of nitro groups is 1. The van der Waals surface area contributed by atoms with E-state index in [0.717, 1.165) is 4.31 Å². The van der Waals surface area contributed by atoms with Crippen molar-refractivity contribution in [2.75, 3.05) is 16.7 Å². The van der Waals surface area contributed by atoms with Crippen molar-refractivity contribution < 1.29 is 18.1 Å². The fourth-order valence-electron chi connectivity index (χ4n) is 2.67. The van der Waals surface area contributed by atoms with Crippen molar-refractivity contribution in [3.05, 3.63) is 93.5 Å². The van der Waals surface area contributed by atoms with Crippen molar-refractivity contribution >= 4 is 44.6 Å². The highest BCUT2D eigenvalue weighted by Crippen LogP contribution is 2.28. The van der Waals surface area contributed by atoms with Crippen LogP contribution in [-0.2, 0) is 10.0 Å². The lowest BCUT2D eigenvalue weighted by Gasteiger charge is -2.20. The van der Waals surface area contributed by atoms with Gasteiger partial charge in [-0.25, -0.2) is 8.42 Å². The first-order valence-corrected chi connectivity index (χ1v) is 10.4. The highest BCUT2D eigenvalue weighted by atomic mass is 35.5. The minimum atomic E-state index is -3.84. The van der Waals surface area contributed by atoms with Crippen LogP contribution in [0.25, 0.3) is 0 Å². The molecule has 3 aromatic rings. The van der Waals surface area contributed by atoms with Crippen molar-refractivity contribution in [1.29, 1.82) is 0 Å². The predicted molar refractivity (Wildman–Crippen MR) is 115 cm³/mol. The third kappa shape index (κ3) is 4.42. The van der Waals surface area contributed by atoms with E-state index >= 15 is 0 Å². The molecule has 0 aliphatic rings. The molecule has 0 unspecified atom stereocenters. The molecular weight excluding hydrogens is 430 g/mol. The first kappa shape index (κ1) is 21.3. The van der Waals surface area contributed by atoms with Crippen molar-refractivity contribution in [1.82, 2.24) is 0 Å². The van der Waals surface area contributed by atoms with Gasteiger partial charge < -0.3 is 5.32 Å². The second kappa shape index (κ2) is 8.52. The Morgan fingerprint density at radius 2 is 1.73 bits per heavy atom. The van der Waals surface area contributed by atoms with Gasteiger partial charge in [0, 0.05) is 24.9 Å². The van der Waals surface area contributed by atoms with Crippen LogP contribution >= 0.6 is 11.6 Å². The Labute approximate surface area is 177 Å². The molecule has 1 amide bonds. The van der Waals surface area contributed by atoms with E-state index in [4.69, 9.17) is 11.6 Å². The topological polar surface area (TPSA) is 110 Å². The van der Waals surface area contributed by atoms with Gasteiger partial charge in [-0.15, -0.1) is 0 Å². The molecule has 3 aromatic carbocycles. The molecule has 10 heteroatoms. The number of anilines is 2. The second-order valence-electron chi connectivity index (χ2n) is 6.21. The van der Waals surface area contributed by atoms with E-state index in [9.17, 15) is 23.3 Å². The average molecular weight is 446 g/mol.